The van der Waals surface area contributed by atoms with Gasteiger partial charge in [0.1, 0.15) is 5.75 Å². The fourth-order valence-electron chi connectivity index (χ4n) is 2.57. The molecule has 0 aliphatic rings. The Morgan fingerprint density at radius 3 is 1.83 bits per heavy atom. The van der Waals surface area contributed by atoms with Crippen molar-refractivity contribution in [3.63, 3.8) is 0 Å². The maximum Gasteiger partial charge on any atom is 0.127 e. The molecule has 124 valence electrons. The van der Waals surface area contributed by atoms with Crippen LogP contribution in [0.3, 0.4) is 0 Å². The second kappa shape index (κ2) is 6.03. The van der Waals surface area contributed by atoms with Crippen LogP contribution in [-0.2, 0) is 10.8 Å². The van der Waals surface area contributed by atoms with Crippen molar-refractivity contribution in [3.05, 3.63) is 51.5 Å². The van der Waals surface area contributed by atoms with Crippen LogP contribution in [0.25, 0.3) is 11.1 Å². The van der Waals surface area contributed by atoms with Gasteiger partial charge in [0.2, 0.25) is 0 Å². The molecule has 0 radical (unpaired) electrons. The van der Waals surface area contributed by atoms with Crippen LogP contribution in [0.15, 0.2) is 30.3 Å². The van der Waals surface area contributed by atoms with Crippen LogP contribution in [0.2, 0.25) is 10.0 Å². The molecule has 3 heteroatoms. The summed E-state index contributed by atoms with van der Waals surface area (Å²) in [7, 11) is 0. The first kappa shape index (κ1) is 18.2. The van der Waals surface area contributed by atoms with Gasteiger partial charge in [-0.25, -0.2) is 0 Å². The van der Waals surface area contributed by atoms with Gasteiger partial charge in [-0.15, -0.1) is 0 Å². The third-order valence-corrected chi connectivity index (χ3v) is 4.39. The molecule has 1 nitrogen and oxygen atoms in total. The monoisotopic (exact) mass is 350 g/mol. The van der Waals surface area contributed by atoms with Crippen molar-refractivity contribution >= 4 is 23.2 Å². The molecule has 1 N–H and O–H groups in total. The molecule has 0 spiro atoms. The zero-order valence-electron chi connectivity index (χ0n) is 14.6. The fourth-order valence-corrected chi connectivity index (χ4v) is 3.02. The van der Waals surface area contributed by atoms with Crippen LogP contribution in [0, 0.1) is 0 Å². The van der Waals surface area contributed by atoms with E-state index in [1.54, 1.807) is 6.07 Å². The molecule has 2 rings (SSSR count). The van der Waals surface area contributed by atoms with Crippen LogP contribution in [0.5, 0.6) is 5.75 Å². The van der Waals surface area contributed by atoms with Crippen molar-refractivity contribution in [2.24, 2.45) is 0 Å². The number of hydrogen-bond donors (Lipinski definition) is 1. The largest absolute Gasteiger partial charge is 0.507 e. The van der Waals surface area contributed by atoms with Crippen LogP contribution >= 0.6 is 23.2 Å². The Morgan fingerprint density at radius 2 is 1.30 bits per heavy atom. The zero-order valence-corrected chi connectivity index (χ0v) is 16.1. The van der Waals surface area contributed by atoms with E-state index in [2.05, 4.69) is 47.6 Å². The van der Waals surface area contributed by atoms with Crippen LogP contribution in [0.4, 0.5) is 0 Å². The van der Waals surface area contributed by atoms with Gasteiger partial charge in [0.25, 0.3) is 0 Å². The van der Waals surface area contributed by atoms with Gasteiger partial charge in [0.15, 0.2) is 0 Å². The van der Waals surface area contributed by atoms with E-state index in [0.717, 1.165) is 22.3 Å². The third kappa shape index (κ3) is 4.02. The fraction of sp³-hybridized carbons (Fsp3) is 0.400. The van der Waals surface area contributed by atoms with Crippen molar-refractivity contribution in [2.75, 3.05) is 0 Å². The van der Waals surface area contributed by atoms with E-state index >= 15 is 0 Å². The molecule has 0 aliphatic heterocycles. The number of phenolic OH excluding ortho intramolecular Hbond substituents is 1. The summed E-state index contributed by atoms with van der Waals surface area (Å²) in [5.41, 5.74) is 3.33. The highest BCUT2D eigenvalue weighted by Crippen LogP contribution is 2.42. The molecule has 0 amide bonds. The first-order valence-electron chi connectivity index (χ1n) is 7.74. The van der Waals surface area contributed by atoms with Crippen LogP contribution in [-0.4, -0.2) is 5.11 Å². The smallest absolute Gasteiger partial charge is 0.127 e. The molecule has 0 bridgehead atoms. The summed E-state index contributed by atoms with van der Waals surface area (Å²) in [6, 6.07) is 9.54. The van der Waals surface area contributed by atoms with Crippen molar-refractivity contribution in [3.8, 4) is 16.9 Å². The summed E-state index contributed by atoms with van der Waals surface area (Å²) < 4.78 is 0. The first-order chi connectivity index (χ1) is 10.4. The van der Waals surface area contributed by atoms with Crippen LogP contribution < -0.4 is 0 Å². The quantitative estimate of drug-likeness (QED) is 0.589. The SMILES string of the molecule is CC(C)(C)c1cc(Cl)cc(-c2cc(Cl)cc(C(C)(C)C)c2O)c1. The van der Waals surface area contributed by atoms with Crippen molar-refractivity contribution in [1.29, 1.82) is 0 Å². The highest BCUT2D eigenvalue weighted by molar-refractivity contribution is 6.31. The number of hydrogen-bond acceptors (Lipinski definition) is 1. The lowest BCUT2D eigenvalue weighted by Crippen LogP contribution is -2.12. The Labute approximate surface area is 149 Å². The highest BCUT2D eigenvalue weighted by Gasteiger charge is 2.23. The topological polar surface area (TPSA) is 20.2 Å². The Hall–Kier alpha value is -1.18. The normalized spacial score (nSPS) is 12.5. The number of phenols is 1. The number of halogens is 2. The molecule has 0 saturated carbocycles. The number of rotatable bonds is 1. The molecule has 0 saturated heterocycles. The average Bonchev–Trinajstić information content (AvgIpc) is 2.38. The standard InChI is InChI=1S/C20H24Cl2O/c1-19(2,3)13-7-12(8-14(21)9-13)16-10-15(22)11-17(18(16)23)20(4,5)6/h7-11,23H,1-6H3. The lowest BCUT2D eigenvalue weighted by atomic mass is 9.82. The van der Waals surface area contributed by atoms with Gasteiger partial charge in [-0.1, -0.05) is 70.8 Å². The second-order valence-corrected chi connectivity index (χ2v) is 8.95. The molecule has 0 aromatic heterocycles. The molecule has 0 unspecified atom stereocenters. The minimum absolute atomic E-state index is 0.0271. The van der Waals surface area contributed by atoms with E-state index in [1.165, 1.54) is 0 Å². The maximum atomic E-state index is 10.8. The van der Waals surface area contributed by atoms with Gasteiger partial charge >= 0.3 is 0 Å². The van der Waals surface area contributed by atoms with E-state index < -0.39 is 0 Å². The summed E-state index contributed by atoms with van der Waals surface area (Å²) in [6.07, 6.45) is 0. The van der Waals surface area contributed by atoms with Crippen molar-refractivity contribution in [1.82, 2.24) is 0 Å². The highest BCUT2D eigenvalue weighted by atomic mass is 35.5. The molecule has 2 aromatic carbocycles. The molecule has 0 fully saturated rings. The lowest BCUT2D eigenvalue weighted by Gasteiger charge is -2.24. The van der Waals surface area contributed by atoms with Crippen molar-refractivity contribution < 1.29 is 5.11 Å². The first-order valence-corrected chi connectivity index (χ1v) is 8.49. The maximum absolute atomic E-state index is 10.8. The van der Waals surface area contributed by atoms with E-state index in [0.29, 0.717) is 10.0 Å². The minimum atomic E-state index is -0.199. The molecule has 0 aliphatic carbocycles. The Balaban J connectivity index is 2.73. The van der Waals surface area contributed by atoms with Gasteiger partial charge in [0.05, 0.1) is 0 Å². The van der Waals surface area contributed by atoms with Gasteiger partial charge in [-0.2, -0.15) is 0 Å². The molecular weight excluding hydrogens is 327 g/mol. The zero-order chi connectivity index (χ0) is 17.6. The predicted octanol–water partition coefficient (Wildman–Crippen LogP) is 6.96. The summed E-state index contributed by atoms with van der Waals surface area (Å²) in [5, 5.41) is 12.1. The Morgan fingerprint density at radius 1 is 0.739 bits per heavy atom. The molecular formula is C20H24Cl2O. The number of aromatic hydroxyl groups is 1. The van der Waals surface area contributed by atoms with E-state index in [4.69, 9.17) is 23.2 Å². The average molecular weight is 351 g/mol. The van der Waals surface area contributed by atoms with E-state index in [9.17, 15) is 5.11 Å². The summed E-state index contributed by atoms with van der Waals surface area (Å²) in [4.78, 5) is 0. The third-order valence-electron chi connectivity index (χ3n) is 3.96. The van der Waals surface area contributed by atoms with Crippen LogP contribution in [0.1, 0.15) is 52.7 Å². The minimum Gasteiger partial charge on any atom is -0.507 e. The molecule has 23 heavy (non-hydrogen) atoms. The van der Waals surface area contributed by atoms with Gasteiger partial charge in [-0.3, -0.25) is 0 Å². The van der Waals surface area contributed by atoms with Gasteiger partial charge in [0, 0.05) is 21.2 Å². The van der Waals surface area contributed by atoms with E-state index in [1.807, 2.05) is 18.2 Å². The number of benzene rings is 2. The Kier molecular flexibility index (Phi) is 4.76. The van der Waals surface area contributed by atoms with Gasteiger partial charge < -0.3 is 5.11 Å². The second-order valence-electron chi connectivity index (χ2n) is 8.08. The predicted molar refractivity (Wildman–Crippen MR) is 101 cm³/mol. The van der Waals surface area contributed by atoms with Gasteiger partial charge in [-0.05, 0) is 46.2 Å². The summed E-state index contributed by atoms with van der Waals surface area (Å²) >= 11 is 12.6. The van der Waals surface area contributed by atoms with Crippen molar-refractivity contribution in [2.45, 2.75) is 52.4 Å². The summed E-state index contributed by atoms with van der Waals surface area (Å²) in [6.45, 7) is 12.6. The molecule has 0 atom stereocenters. The summed E-state index contributed by atoms with van der Waals surface area (Å²) in [5.74, 6) is 0.268. The lowest BCUT2D eigenvalue weighted by molar-refractivity contribution is 0.448. The molecule has 0 heterocycles. The Bertz CT molecular complexity index is 735. The van der Waals surface area contributed by atoms with E-state index in [-0.39, 0.29) is 16.6 Å². The molecule has 2 aromatic rings.